The number of ether oxygens (including phenoxy) is 1. The molecule has 0 aromatic carbocycles. The summed E-state index contributed by atoms with van der Waals surface area (Å²) in [7, 11) is 0. The summed E-state index contributed by atoms with van der Waals surface area (Å²) in [5, 5.41) is 23.7. The van der Waals surface area contributed by atoms with Crippen LogP contribution in [-0.2, 0) is 14.3 Å². The number of hydrogen-bond donors (Lipinski definition) is 3. The molecular formula is C55H97NO5. The van der Waals surface area contributed by atoms with Crippen LogP contribution in [0.5, 0.6) is 0 Å². The average molecular weight is 852 g/mol. The Morgan fingerprint density at radius 2 is 0.902 bits per heavy atom. The molecule has 0 fully saturated rings. The molecule has 3 atom stereocenters. The zero-order valence-corrected chi connectivity index (χ0v) is 40.0. The van der Waals surface area contributed by atoms with Gasteiger partial charge in [0.1, 0.15) is 6.10 Å². The van der Waals surface area contributed by atoms with Crippen LogP contribution in [0.1, 0.15) is 239 Å². The number of hydrogen-bond acceptors (Lipinski definition) is 5. The highest BCUT2D eigenvalue weighted by Gasteiger charge is 2.24. The van der Waals surface area contributed by atoms with Gasteiger partial charge in [-0.05, 0) is 89.9 Å². The third kappa shape index (κ3) is 43.7. The molecule has 3 unspecified atom stereocenters. The van der Waals surface area contributed by atoms with Crippen molar-refractivity contribution in [3.63, 3.8) is 0 Å². The maximum absolute atomic E-state index is 13.2. The van der Waals surface area contributed by atoms with Crippen LogP contribution >= 0.6 is 0 Å². The van der Waals surface area contributed by atoms with Crippen molar-refractivity contribution in [2.75, 3.05) is 6.61 Å². The van der Waals surface area contributed by atoms with Crippen LogP contribution in [0, 0.1) is 0 Å². The zero-order valence-electron chi connectivity index (χ0n) is 40.0. The lowest BCUT2D eigenvalue weighted by molar-refractivity contribution is -0.151. The summed E-state index contributed by atoms with van der Waals surface area (Å²) >= 11 is 0. The van der Waals surface area contributed by atoms with Gasteiger partial charge in [-0.25, -0.2) is 0 Å². The van der Waals surface area contributed by atoms with Crippen LogP contribution < -0.4 is 5.32 Å². The van der Waals surface area contributed by atoms with Gasteiger partial charge in [-0.3, -0.25) is 9.59 Å². The quantitative estimate of drug-likeness (QED) is 0.0322. The highest BCUT2D eigenvalue weighted by molar-refractivity contribution is 5.77. The summed E-state index contributed by atoms with van der Waals surface area (Å²) in [5.41, 5.74) is 0. The van der Waals surface area contributed by atoms with Crippen LogP contribution in [0.4, 0.5) is 0 Å². The van der Waals surface area contributed by atoms with Crippen molar-refractivity contribution in [3.8, 4) is 0 Å². The number of carbonyl (C=O) groups excluding carboxylic acids is 2. The fourth-order valence-corrected chi connectivity index (χ4v) is 7.40. The Morgan fingerprint density at radius 3 is 1.41 bits per heavy atom. The van der Waals surface area contributed by atoms with E-state index in [1.807, 2.05) is 0 Å². The average Bonchev–Trinajstić information content (AvgIpc) is 3.25. The molecule has 0 aromatic heterocycles. The predicted molar refractivity (Wildman–Crippen MR) is 264 cm³/mol. The van der Waals surface area contributed by atoms with Crippen LogP contribution in [0.3, 0.4) is 0 Å². The van der Waals surface area contributed by atoms with Crippen LogP contribution in [-0.4, -0.2) is 46.9 Å². The highest BCUT2D eigenvalue weighted by atomic mass is 16.5. The van der Waals surface area contributed by atoms with Gasteiger partial charge in [-0.2, -0.15) is 0 Å². The van der Waals surface area contributed by atoms with Crippen molar-refractivity contribution in [1.29, 1.82) is 0 Å². The van der Waals surface area contributed by atoms with Gasteiger partial charge in [0.05, 0.1) is 25.2 Å². The van der Waals surface area contributed by atoms with Crippen molar-refractivity contribution in [3.05, 3.63) is 72.9 Å². The summed E-state index contributed by atoms with van der Waals surface area (Å²) in [5.74, 6) is -0.537. The van der Waals surface area contributed by atoms with Gasteiger partial charge in [0.25, 0.3) is 0 Å². The summed E-state index contributed by atoms with van der Waals surface area (Å²) in [6.45, 7) is 6.32. The monoisotopic (exact) mass is 852 g/mol. The minimum Gasteiger partial charge on any atom is -0.462 e. The molecule has 0 rings (SSSR count). The molecule has 0 saturated heterocycles. The fourth-order valence-electron chi connectivity index (χ4n) is 7.40. The molecule has 0 aromatic rings. The summed E-state index contributed by atoms with van der Waals surface area (Å²) < 4.78 is 5.90. The van der Waals surface area contributed by atoms with Crippen molar-refractivity contribution in [1.82, 2.24) is 5.32 Å². The molecule has 0 radical (unpaired) electrons. The van der Waals surface area contributed by atoms with Gasteiger partial charge >= 0.3 is 5.97 Å². The second-order valence-corrected chi connectivity index (χ2v) is 17.2. The smallest absolute Gasteiger partial charge is 0.306 e. The van der Waals surface area contributed by atoms with Crippen LogP contribution in [0.25, 0.3) is 0 Å². The Balaban J connectivity index is 4.71. The Hall–Kier alpha value is -2.70. The van der Waals surface area contributed by atoms with Crippen molar-refractivity contribution in [2.24, 2.45) is 0 Å². The Bertz CT molecular complexity index is 1140. The Labute approximate surface area is 377 Å². The third-order valence-electron chi connectivity index (χ3n) is 11.3. The molecule has 6 heteroatoms. The number of aliphatic hydroxyl groups is 2. The summed E-state index contributed by atoms with van der Waals surface area (Å²) in [4.78, 5) is 26.1. The van der Waals surface area contributed by atoms with Gasteiger partial charge in [-0.15, -0.1) is 0 Å². The first-order valence-electron chi connectivity index (χ1n) is 25.7. The molecule has 0 bridgehead atoms. The second kappa shape index (κ2) is 48.3. The zero-order chi connectivity index (χ0) is 44.5. The topological polar surface area (TPSA) is 95.9 Å². The van der Waals surface area contributed by atoms with Gasteiger partial charge in [0, 0.05) is 6.42 Å². The number of unbranched alkanes of at least 4 members (excludes halogenated alkanes) is 21. The molecule has 0 aliphatic carbocycles. The molecule has 0 spiro atoms. The number of nitrogens with one attached hydrogen (secondary N) is 1. The number of esters is 1. The van der Waals surface area contributed by atoms with Gasteiger partial charge in [0.15, 0.2) is 0 Å². The largest absolute Gasteiger partial charge is 0.462 e. The van der Waals surface area contributed by atoms with E-state index >= 15 is 0 Å². The molecule has 6 nitrogen and oxygen atoms in total. The second-order valence-electron chi connectivity index (χ2n) is 17.2. The van der Waals surface area contributed by atoms with Crippen molar-refractivity contribution in [2.45, 2.75) is 257 Å². The minimum atomic E-state index is -0.804. The first-order valence-corrected chi connectivity index (χ1v) is 25.7. The molecule has 61 heavy (non-hydrogen) atoms. The minimum absolute atomic E-state index is 0.0347. The van der Waals surface area contributed by atoms with Crippen molar-refractivity contribution >= 4 is 11.9 Å². The fraction of sp³-hybridized carbons (Fsp3) is 0.745. The molecule has 0 saturated carbocycles. The first kappa shape index (κ1) is 58.3. The number of rotatable bonds is 45. The first-order chi connectivity index (χ1) is 30.0. The maximum Gasteiger partial charge on any atom is 0.306 e. The normalized spacial score (nSPS) is 13.9. The molecule has 3 N–H and O–H groups in total. The van der Waals surface area contributed by atoms with E-state index in [0.717, 1.165) is 83.5 Å². The molecule has 0 aliphatic rings. The van der Waals surface area contributed by atoms with E-state index in [4.69, 9.17) is 4.74 Å². The van der Waals surface area contributed by atoms with Crippen LogP contribution in [0.15, 0.2) is 72.9 Å². The van der Waals surface area contributed by atoms with E-state index in [1.54, 1.807) is 0 Å². The van der Waals surface area contributed by atoms with E-state index in [0.29, 0.717) is 19.3 Å². The molecule has 0 aliphatic heterocycles. The maximum atomic E-state index is 13.2. The summed E-state index contributed by atoms with van der Waals surface area (Å²) in [6, 6.07) is -0.722. The van der Waals surface area contributed by atoms with E-state index in [1.165, 1.54) is 109 Å². The number of amides is 1. The third-order valence-corrected chi connectivity index (χ3v) is 11.3. The predicted octanol–water partition coefficient (Wildman–Crippen LogP) is 15.4. The van der Waals surface area contributed by atoms with Crippen LogP contribution in [0.2, 0.25) is 0 Å². The number of aliphatic hydroxyl groups excluding tert-OH is 2. The molecule has 1 amide bonds. The van der Waals surface area contributed by atoms with Gasteiger partial charge in [0.2, 0.25) is 5.91 Å². The molecule has 0 heterocycles. The lowest BCUT2D eigenvalue weighted by Crippen LogP contribution is -2.46. The van der Waals surface area contributed by atoms with E-state index in [9.17, 15) is 19.8 Å². The molecular weight excluding hydrogens is 755 g/mol. The molecule has 352 valence electrons. The SMILES string of the molecule is CC/C=C\C/C=C\C/C=C\C/C=C\C/C=C\CCCC(CC(=O)NC(CO)C(O)CCCCCCCCCCCC)OC(=O)CCCCCCCCC/C=C\CCCCCC. The van der Waals surface area contributed by atoms with E-state index < -0.39 is 18.2 Å². The Kier molecular flexibility index (Phi) is 46.2. The van der Waals surface area contributed by atoms with Gasteiger partial charge < -0.3 is 20.3 Å². The lowest BCUT2D eigenvalue weighted by Gasteiger charge is -2.24. The number of allylic oxidation sites excluding steroid dienone is 12. The Morgan fingerprint density at radius 1 is 0.492 bits per heavy atom. The van der Waals surface area contributed by atoms with E-state index in [2.05, 4.69) is 99.0 Å². The number of carbonyl (C=O) groups is 2. The lowest BCUT2D eigenvalue weighted by atomic mass is 10.0. The van der Waals surface area contributed by atoms with E-state index in [-0.39, 0.29) is 24.9 Å². The van der Waals surface area contributed by atoms with Crippen molar-refractivity contribution < 1.29 is 24.5 Å². The highest BCUT2D eigenvalue weighted by Crippen LogP contribution is 2.17. The standard InChI is InChI=1S/C55H97NO5/c1-4-7-10-13-16-19-22-24-26-27-29-30-32-34-37-40-43-46-51(61-55(60)48-45-42-39-36-33-31-28-25-23-20-17-14-11-8-5-2)49-54(59)56-52(50-57)53(58)47-44-41-38-35-21-18-15-12-9-6-3/h7,10,16,19-20,23-24,26,29-30,34,37,51-53,57-58H,4-6,8-9,11-15,17-18,21-22,25,27-28,31-33,35-36,38-50H2,1-3H3,(H,56,59)/b10-7-,19-16-,23-20-,26-24-,30-29-,37-34-. The summed E-state index contributed by atoms with van der Waals surface area (Å²) in [6.07, 6.45) is 61.1. The van der Waals surface area contributed by atoms with Gasteiger partial charge in [-0.1, -0.05) is 209 Å².